The van der Waals surface area contributed by atoms with Gasteiger partial charge in [-0.15, -0.1) is 0 Å². The standard InChI is InChI=1S/C20H21NO3/c1-2-3-4-15-5-9-17(10-6-15)21-20(22)12-8-16-7-11-18-19(13-16)24-14-23-18/h5-13H,2-4,14H2,1H3,(H,21,22)/b12-8+. The number of ether oxygens (including phenoxy) is 2. The molecular weight excluding hydrogens is 302 g/mol. The van der Waals surface area contributed by atoms with Crippen molar-refractivity contribution in [1.82, 2.24) is 0 Å². The number of carbonyl (C=O) groups excluding carboxylic acids is 1. The number of nitrogens with one attached hydrogen (secondary N) is 1. The highest BCUT2D eigenvalue weighted by Crippen LogP contribution is 2.32. The van der Waals surface area contributed by atoms with E-state index in [4.69, 9.17) is 9.47 Å². The lowest BCUT2D eigenvalue weighted by atomic mass is 10.1. The van der Waals surface area contributed by atoms with Crippen molar-refractivity contribution in [3.8, 4) is 11.5 Å². The normalized spacial score (nSPS) is 12.5. The van der Waals surface area contributed by atoms with Gasteiger partial charge in [0.25, 0.3) is 0 Å². The summed E-state index contributed by atoms with van der Waals surface area (Å²) < 4.78 is 10.6. The van der Waals surface area contributed by atoms with E-state index >= 15 is 0 Å². The molecule has 0 radical (unpaired) electrons. The molecule has 2 aromatic carbocycles. The zero-order chi connectivity index (χ0) is 16.8. The predicted molar refractivity (Wildman–Crippen MR) is 95.3 cm³/mol. The van der Waals surface area contributed by atoms with Gasteiger partial charge in [-0.2, -0.15) is 0 Å². The van der Waals surface area contributed by atoms with Crippen LogP contribution in [0.1, 0.15) is 30.9 Å². The molecule has 0 aliphatic carbocycles. The topological polar surface area (TPSA) is 47.6 Å². The Morgan fingerprint density at radius 1 is 1.12 bits per heavy atom. The molecule has 1 amide bonds. The molecule has 124 valence electrons. The van der Waals surface area contributed by atoms with Crippen molar-refractivity contribution < 1.29 is 14.3 Å². The summed E-state index contributed by atoms with van der Waals surface area (Å²) in [6.07, 6.45) is 6.72. The van der Waals surface area contributed by atoms with Crippen LogP contribution in [-0.2, 0) is 11.2 Å². The molecular formula is C20H21NO3. The van der Waals surface area contributed by atoms with Gasteiger partial charge in [-0.1, -0.05) is 31.5 Å². The molecule has 4 heteroatoms. The average Bonchev–Trinajstić information content (AvgIpc) is 3.07. The number of amides is 1. The SMILES string of the molecule is CCCCc1ccc(NC(=O)/C=C/c2ccc3c(c2)OCO3)cc1. The Morgan fingerprint density at radius 2 is 1.92 bits per heavy atom. The maximum Gasteiger partial charge on any atom is 0.248 e. The van der Waals surface area contributed by atoms with Gasteiger partial charge in [0.05, 0.1) is 0 Å². The summed E-state index contributed by atoms with van der Waals surface area (Å²) in [4.78, 5) is 12.0. The highest BCUT2D eigenvalue weighted by atomic mass is 16.7. The lowest BCUT2D eigenvalue weighted by molar-refractivity contribution is -0.111. The number of hydrogen-bond acceptors (Lipinski definition) is 3. The predicted octanol–water partition coefficient (Wildman–Crippen LogP) is 4.41. The van der Waals surface area contributed by atoms with Crippen LogP contribution in [0.2, 0.25) is 0 Å². The first-order valence-corrected chi connectivity index (χ1v) is 8.22. The zero-order valence-electron chi connectivity index (χ0n) is 13.7. The Labute approximate surface area is 142 Å². The fraction of sp³-hybridized carbons (Fsp3) is 0.250. The van der Waals surface area contributed by atoms with Crippen molar-refractivity contribution in [3.63, 3.8) is 0 Å². The molecule has 2 aromatic rings. The summed E-state index contributed by atoms with van der Waals surface area (Å²) in [6.45, 7) is 2.43. The van der Waals surface area contributed by atoms with E-state index in [0.29, 0.717) is 5.75 Å². The highest BCUT2D eigenvalue weighted by molar-refractivity contribution is 6.01. The lowest BCUT2D eigenvalue weighted by Gasteiger charge is -2.04. The molecule has 4 nitrogen and oxygen atoms in total. The minimum atomic E-state index is -0.158. The third-order valence-electron chi connectivity index (χ3n) is 3.86. The van der Waals surface area contributed by atoms with Gasteiger partial charge in [0.15, 0.2) is 11.5 Å². The Hall–Kier alpha value is -2.75. The van der Waals surface area contributed by atoms with Gasteiger partial charge in [-0.3, -0.25) is 4.79 Å². The monoisotopic (exact) mass is 323 g/mol. The summed E-state index contributed by atoms with van der Waals surface area (Å²) in [5, 5.41) is 2.87. The molecule has 0 aromatic heterocycles. The summed E-state index contributed by atoms with van der Waals surface area (Å²) in [6, 6.07) is 13.6. The minimum Gasteiger partial charge on any atom is -0.454 e. The average molecular weight is 323 g/mol. The molecule has 1 aliphatic heterocycles. The molecule has 0 saturated heterocycles. The van der Waals surface area contributed by atoms with Gasteiger partial charge in [-0.25, -0.2) is 0 Å². The van der Waals surface area contributed by atoms with E-state index < -0.39 is 0 Å². The van der Waals surface area contributed by atoms with Gasteiger partial charge in [0, 0.05) is 11.8 Å². The van der Waals surface area contributed by atoms with Crippen molar-refractivity contribution in [2.24, 2.45) is 0 Å². The fourth-order valence-corrected chi connectivity index (χ4v) is 2.51. The van der Waals surface area contributed by atoms with Crippen LogP contribution < -0.4 is 14.8 Å². The first kappa shape index (κ1) is 16.1. The molecule has 0 bridgehead atoms. The van der Waals surface area contributed by atoms with Gasteiger partial charge < -0.3 is 14.8 Å². The van der Waals surface area contributed by atoms with E-state index in [1.807, 2.05) is 30.3 Å². The second-order valence-corrected chi connectivity index (χ2v) is 5.74. The first-order chi connectivity index (χ1) is 11.7. The Kier molecular flexibility index (Phi) is 5.16. The maximum atomic E-state index is 12.0. The van der Waals surface area contributed by atoms with Crippen LogP contribution in [0.4, 0.5) is 5.69 Å². The van der Waals surface area contributed by atoms with Crippen LogP contribution in [0.25, 0.3) is 6.08 Å². The Balaban J connectivity index is 1.57. The number of aryl methyl sites for hydroxylation is 1. The van der Waals surface area contributed by atoms with Crippen LogP contribution in [0.5, 0.6) is 11.5 Å². The van der Waals surface area contributed by atoms with E-state index in [1.54, 1.807) is 6.08 Å². The molecule has 0 unspecified atom stereocenters. The largest absolute Gasteiger partial charge is 0.454 e. The lowest BCUT2D eigenvalue weighted by Crippen LogP contribution is -2.07. The quantitative estimate of drug-likeness (QED) is 0.801. The maximum absolute atomic E-state index is 12.0. The van der Waals surface area contributed by atoms with Gasteiger partial charge >= 0.3 is 0 Å². The van der Waals surface area contributed by atoms with Crippen LogP contribution in [-0.4, -0.2) is 12.7 Å². The number of benzene rings is 2. The number of unbranched alkanes of at least 4 members (excludes halogenated alkanes) is 1. The van der Waals surface area contributed by atoms with Crippen molar-refractivity contribution >= 4 is 17.7 Å². The van der Waals surface area contributed by atoms with Crippen LogP contribution in [0.15, 0.2) is 48.5 Å². The molecule has 1 aliphatic rings. The number of hydrogen-bond donors (Lipinski definition) is 1. The Morgan fingerprint density at radius 3 is 2.71 bits per heavy atom. The third kappa shape index (κ3) is 4.16. The fourth-order valence-electron chi connectivity index (χ4n) is 2.51. The molecule has 0 fully saturated rings. The summed E-state index contributed by atoms with van der Waals surface area (Å²) in [5.74, 6) is 1.29. The Bertz CT molecular complexity index is 735. The van der Waals surface area contributed by atoms with Crippen molar-refractivity contribution in [3.05, 3.63) is 59.7 Å². The van der Waals surface area contributed by atoms with Crippen LogP contribution in [0.3, 0.4) is 0 Å². The molecule has 1 heterocycles. The van der Waals surface area contributed by atoms with Crippen LogP contribution in [0, 0.1) is 0 Å². The summed E-state index contributed by atoms with van der Waals surface area (Å²) >= 11 is 0. The van der Waals surface area contributed by atoms with Gasteiger partial charge in [0.1, 0.15) is 0 Å². The smallest absolute Gasteiger partial charge is 0.248 e. The molecule has 0 spiro atoms. The van der Waals surface area contributed by atoms with Gasteiger partial charge in [-0.05, 0) is 54.3 Å². The highest BCUT2D eigenvalue weighted by Gasteiger charge is 2.12. The van der Waals surface area contributed by atoms with E-state index in [9.17, 15) is 4.79 Å². The van der Waals surface area contributed by atoms with Gasteiger partial charge in [0.2, 0.25) is 12.7 Å². The third-order valence-corrected chi connectivity index (χ3v) is 3.86. The van der Waals surface area contributed by atoms with E-state index in [1.165, 1.54) is 24.5 Å². The summed E-state index contributed by atoms with van der Waals surface area (Å²) in [7, 11) is 0. The molecule has 3 rings (SSSR count). The number of rotatable bonds is 6. The van der Waals surface area contributed by atoms with Crippen molar-refractivity contribution in [2.75, 3.05) is 12.1 Å². The minimum absolute atomic E-state index is 0.158. The first-order valence-electron chi connectivity index (χ1n) is 8.22. The second-order valence-electron chi connectivity index (χ2n) is 5.74. The summed E-state index contributed by atoms with van der Waals surface area (Å²) in [5.41, 5.74) is 2.99. The van der Waals surface area contributed by atoms with E-state index in [0.717, 1.165) is 23.4 Å². The van der Waals surface area contributed by atoms with Crippen molar-refractivity contribution in [2.45, 2.75) is 26.2 Å². The van der Waals surface area contributed by atoms with Crippen LogP contribution >= 0.6 is 0 Å². The number of carbonyl (C=O) groups is 1. The van der Waals surface area contributed by atoms with E-state index in [-0.39, 0.29) is 12.7 Å². The second kappa shape index (κ2) is 7.68. The number of anilines is 1. The zero-order valence-corrected chi connectivity index (χ0v) is 13.7. The molecule has 1 N–H and O–H groups in total. The van der Waals surface area contributed by atoms with Crippen molar-refractivity contribution in [1.29, 1.82) is 0 Å². The molecule has 24 heavy (non-hydrogen) atoms. The van der Waals surface area contributed by atoms with E-state index in [2.05, 4.69) is 24.4 Å². The number of fused-ring (bicyclic) bond motifs is 1. The molecule has 0 atom stereocenters. The molecule has 0 saturated carbocycles.